The number of carbonyl (C=O) groups excluding carboxylic acids is 2. The van der Waals surface area contributed by atoms with Crippen LogP contribution in [0.1, 0.15) is 22.3 Å². The topological polar surface area (TPSA) is 63.1 Å². The minimum Gasteiger partial charge on any atom is -0.484 e. The molecule has 1 heterocycles. The summed E-state index contributed by atoms with van der Waals surface area (Å²) in [7, 11) is 0. The van der Waals surface area contributed by atoms with Gasteiger partial charge >= 0.3 is 0 Å². The van der Waals surface area contributed by atoms with Crippen LogP contribution in [0.2, 0.25) is 0 Å². The van der Waals surface area contributed by atoms with Crippen LogP contribution in [0.3, 0.4) is 0 Å². The summed E-state index contributed by atoms with van der Waals surface area (Å²) in [6.07, 6.45) is 0. The molecule has 160 valence electrons. The van der Waals surface area contributed by atoms with E-state index in [0.29, 0.717) is 19.6 Å². The van der Waals surface area contributed by atoms with Crippen molar-refractivity contribution in [2.75, 3.05) is 44.6 Å². The number of piperazine rings is 1. The summed E-state index contributed by atoms with van der Waals surface area (Å²) in [4.78, 5) is 27.9. The number of quaternary nitrogens is 1. The number of nitrogens with one attached hydrogen (secondary N) is 2. The van der Waals surface area contributed by atoms with E-state index in [1.807, 2.05) is 69.0 Å². The van der Waals surface area contributed by atoms with E-state index >= 15 is 0 Å². The van der Waals surface area contributed by atoms with Crippen LogP contribution in [-0.2, 0) is 9.59 Å². The molecular weight excluding hydrogens is 378 g/mol. The second-order valence-electron chi connectivity index (χ2n) is 8.14. The number of aryl methyl sites for hydroxylation is 3. The van der Waals surface area contributed by atoms with E-state index in [-0.39, 0.29) is 18.4 Å². The van der Waals surface area contributed by atoms with E-state index in [9.17, 15) is 9.59 Å². The lowest BCUT2D eigenvalue weighted by atomic mass is 10.1. The van der Waals surface area contributed by atoms with Crippen LogP contribution >= 0.6 is 0 Å². The molecule has 2 aromatic carbocycles. The molecule has 0 bridgehead atoms. The van der Waals surface area contributed by atoms with Crippen molar-refractivity contribution in [1.29, 1.82) is 0 Å². The number of benzene rings is 2. The second-order valence-corrected chi connectivity index (χ2v) is 8.14. The van der Waals surface area contributed by atoms with Crippen LogP contribution in [0.15, 0.2) is 36.4 Å². The predicted molar refractivity (Wildman–Crippen MR) is 118 cm³/mol. The Balaban J connectivity index is 1.42. The highest BCUT2D eigenvalue weighted by Gasteiger charge is 2.25. The van der Waals surface area contributed by atoms with E-state index in [4.69, 9.17) is 4.74 Å². The maximum Gasteiger partial charge on any atom is 0.279 e. The molecule has 3 rings (SSSR count). The molecule has 0 saturated carbocycles. The Bertz CT molecular complexity index is 918. The Morgan fingerprint density at radius 3 is 2.43 bits per heavy atom. The number of anilines is 1. The summed E-state index contributed by atoms with van der Waals surface area (Å²) in [5.41, 5.74) is 5.48. The van der Waals surface area contributed by atoms with Gasteiger partial charge in [-0.1, -0.05) is 18.2 Å². The summed E-state index contributed by atoms with van der Waals surface area (Å²) in [5, 5.41) is 3.02. The van der Waals surface area contributed by atoms with Gasteiger partial charge in [-0.3, -0.25) is 9.59 Å². The molecule has 1 fully saturated rings. The molecule has 6 nitrogen and oxygen atoms in total. The van der Waals surface area contributed by atoms with E-state index in [0.717, 1.165) is 41.2 Å². The first-order chi connectivity index (χ1) is 14.3. The van der Waals surface area contributed by atoms with Crippen molar-refractivity contribution in [2.24, 2.45) is 0 Å². The van der Waals surface area contributed by atoms with Gasteiger partial charge in [0.15, 0.2) is 13.2 Å². The number of ether oxygens (including phenoxy) is 1. The number of amides is 2. The Kier molecular flexibility index (Phi) is 7.11. The van der Waals surface area contributed by atoms with E-state index in [2.05, 4.69) is 5.32 Å². The Morgan fingerprint density at radius 2 is 1.73 bits per heavy atom. The molecule has 0 aliphatic carbocycles. The average molecular weight is 411 g/mol. The Labute approximate surface area is 178 Å². The van der Waals surface area contributed by atoms with E-state index in [1.165, 1.54) is 10.5 Å². The fourth-order valence-corrected chi connectivity index (χ4v) is 3.60. The first-order valence-corrected chi connectivity index (χ1v) is 10.5. The third-order valence-electron chi connectivity index (χ3n) is 5.95. The largest absolute Gasteiger partial charge is 0.484 e. The molecule has 0 radical (unpaired) electrons. The summed E-state index contributed by atoms with van der Waals surface area (Å²) < 4.78 is 5.67. The number of hydrogen-bond acceptors (Lipinski definition) is 3. The molecule has 2 N–H and O–H groups in total. The predicted octanol–water partition coefficient (Wildman–Crippen LogP) is 1.66. The molecule has 1 aliphatic rings. The van der Waals surface area contributed by atoms with Gasteiger partial charge < -0.3 is 19.9 Å². The van der Waals surface area contributed by atoms with Crippen LogP contribution in [0, 0.1) is 27.7 Å². The minimum atomic E-state index is -0.00730. The Morgan fingerprint density at radius 1 is 1.00 bits per heavy atom. The zero-order chi connectivity index (χ0) is 21.7. The van der Waals surface area contributed by atoms with Gasteiger partial charge in [-0.15, -0.1) is 0 Å². The molecule has 0 atom stereocenters. The molecule has 1 saturated heterocycles. The second kappa shape index (κ2) is 9.76. The molecule has 30 heavy (non-hydrogen) atoms. The summed E-state index contributed by atoms with van der Waals surface area (Å²) in [6.45, 7) is 11.4. The maximum absolute atomic E-state index is 12.5. The van der Waals surface area contributed by atoms with Gasteiger partial charge in [-0.2, -0.15) is 0 Å². The Hall–Kier alpha value is -2.86. The molecular formula is C24H32N3O3+. The lowest BCUT2D eigenvalue weighted by Gasteiger charge is -2.31. The molecule has 1 aliphatic heterocycles. The lowest BCUT2D eigenvalue weighted by Crippen LogP contribution is -3.15. The third-order valence-corrected chi connectivity index (χ3v) is 5.95. The number of nitrogens with zero attached hydrogens (tertiary/aromatic N) is 1. The van der Waals surface area contributed by atoms with Gasteiger partial charge in [-0.05, 0) is 68.1 Å². The highest BCUT2D eigenvalue weighted by Crippen LogP contribution is 2.18. The normalized spacial score (nSPS) is 14.5. The first-order valence-electron chi connectivity index (χ1n) is 10.5. The van der Waals surface area contributed by atoms with Crippen molar-refractivity contribution < 1.29 is 19.2 Å². The molecule has 0 spiro atoms. The molecule has 0 unspecified atom stereocenters. The maximum atomic E-state index is 12.5. The standard InChI is InChI=1S/C24H31N3O3/c1-17-8-9-21(14-19(17)3)30-16-24(29)27-12-10-26(11-13-27)15-23(28)25-22-7-5-6-18(2)20(22)4/h5-9,14H,10-13,15-16H2,1-4H3,(H,25,28)/p+1. The molecule has 0 aromatic heterocycles. The zero-order valence-corrected chi connectivity index (χ0v) is 18.4. The smallest absolute Gasteiger partial charge is 0.279 e. The summed E-state index contributed by atoms with van der Waals surface area (Å²) >= 11 is 0. The van der Waals surface area contributed by atoms with Crippen LogP contribution in [0.25, 0.3) is 0 Å². The number of carbonyl (C=O) groups is 2. The van der Waals surface area contributed by atoms with Crippen molar-refractivity contribution in [1.82, 2.24) is 4.90 Å². The average Bonchev–Trinajstić information content (AvgIpc) is 2.72. The van der Waals surface area contributed by atoms with Gasteiger partial charge in [0, 0.05) is 5.69 Å². The van der Waals surface area contributed by atoms with E-state index < -0.39 is 0 Å². The molecule has 6 heteroatoms. The van der Waals surface area contributed by atoms with Crippen LogP contribution in [0.5, 0.6) is 5.75 Å². The monoisotopic (exact) mass is 410 g/mol. The van der Waals surface area contributed by atoms with Crippen molar-refractivity contribution in [3.63, 3.8) is 0 Å². The van der Waals surface area contributed by atoms with Crippen molar-refractivity contribution in [3.05, 3.63) is 58.7 Å². The third kappa shape index (κ3) is 5.60. The number of hydrogen-bond donors (Lipinski definition) is 2. The van der Waals surface area contributed by atoms with Crippen molar-refractivity contribution in [3.8, 4) is 5.75 Å². The zero-order valence-electron chi connectivity index (χ0n) is 18.4. The summed E-state index contributed by atoms with van der Waals surface area (Å²) in [6, 6.07) is 11.8. The minimum absolute atomic E-state index is 0.00730. The highest BCUT2D eigenvalue weighted by molar-refractivity contribution is 5.92. The SMILES string of the molecule is Cc1ccc(OCC(=O)N2CC[NH+](CC(=O)Nc3cccc(C)c3C)CC2)cc1C. The van der Waals surface area contributed by atoms with Gasteiger partial charge in [0.25, 0.3) is 11.8 Å². The highest BCUT2D eigenvalue weighted by atomic mass is 16.5. The fraction of sp³-hybridized carbons (Fsp3) is 0.417. The van der Waals surface area contributed by atoms with Gasteiger partial charge in [-0.25, -0.2) is 0 Å². The van der Waals surface area contributed by atoms with Crippen molar-refractivity contribution >= 4 is 17.5 Å². The van der Waals surface area contributed by atoms with Gasteiger partial charge in [0.2, 0.25) is 0 Å². The lowest BCUT2D eigenvalue weighted by molar-refractivity contribution is -0.895. The van der Waals surface area contributed by atoms with Crippen LogP contribution in [-0.4, -0.2) is 56.0 Å². The summed E-state index contributed by atoms with van der Waals surface area (Å²) in [5.74, 6) is 0.725. The quantitative estimate of drug-likeness (QED) is 0.762. The molecule has 2 aromatic rings. The first kappa shape index (κ1) is 21.8. The van der Waals surface area contributed by atoms with Crippen LogP contribution in [0.4, 0.5) is 5.69 Å². The molecule has 2 amide bonds. The van der Waals surface area contributed by atoms with E-state index in [1.54, 1.807) is 0 Å². The van der Waals surface area contributed by atoms with Gasteiger partial charge in [0.1, 0.15) is 5.75 Å². The fourth-order valence-electron chi connectivity index (χ4n) is 3.60. The van der Waals surface area contributed by atoms with Crippen molar-refractivity contribution in [2.45, 2.75) is 27.7 Å². The van der Waals surface area contributed by atoms with Gasteiger partial charge in [0.05, 0.1) is 26.2 Å². The van der Waals surface area contributed by atoms with Crippen LogP contribution < -0.4 is 15.0 Å². The number of rotatable bonds is 6.